The van der Waals surface area contributed by atoms with Crippen LogP contribution < -0.4 is 0 Å². The molecular formula is C20H20FNO3. The minimum absolute atomic E-state index is 0.0481. The van der Waals surface area contributed by atoms with Gasteiger partial charge in [-0.25, -0.2) is 4.39 Å². The van der Waals surface area contributed by atoms with Gasteiger partial charge in [-0.1, -0.05) is 50.2 Å². The zero-order valence-electron chi connectivity index (χ0n) is 14.1. The van der Waals surface area contributed by atoms with E-state index in [-0.39, 0.29) is 18.4 Å². The van der Waals surface area contributed by atoms with Crippen LogP contribution in [0.15, 0.2) is 48.5 Å². The van der Waals surface area contributed by atoms with Crippen LogP contribution in [0.25, 0.3) is 0 Å². The maximum absolute atomic E-state index is 14.1. The van der Waals surface area contributed by atoms with Gasteiger partial charge in [0.2, 0.25) is 0 Å². The fourth-order valence-corrected chi connectivity index (χ4v) is 3.63. The quantitative estimate of drug-likeness (QED) is 0.923. The Kier molecular flexibility index (Phi) is 4.57. The molecule has 1 N–H and O–H groups in total. The first-order chi connectivity index (χ1) is 11.9. The average Bonchev–Trinajstić information content (AvgIpc) is 2.58. The number of carboxylic acid groups (broad SMARTS) is 1. The van der Waals surface area contributed by atoms with Gasteiger partial charge in [0.1, 0.15) is 11.7 Å². The fraction of sp³-hybridized carbons (Fsp3) is 0.300. The smallest absolute Gasteiger partial charge is 0.313 e. The minimum Gasteiger partial charge on any atom is -0.481 e. The van der Waals surface area contributed by atoms with E-state index in [4.69, 9.17) is 0 Å². The Hall–Kier alpha value is -2.69. The van der Waals surface area contributed by atoms with E-state index in [9.17, 15) is 19.1 Å². The van der Waals surface area contributed by atoms with Crippen molar-refractivity contribution in [3.8, 4) is 0 Å². The molecule has 1 amide bonds. The van der Waals surface area contributed by atoms with Crippen molar-refractivity contribution < 1.29 is 19.1 Å². The molecule has 130 valence electrons. The van der Waals surface area contributed by atoms with E-state index in [1.807, 2.05) is 13.8 Å². The number of aliphatic carboxylic acids is 1. The third kappa shape index (κ3) is 3.02. The van der Waals surface area contributed by atoms with Gasteiger partial charge in [0, 0.05) is 17.7 Å². The number of carbonyl (C=O) groups excluding carboxylic acids is 1. The third-order valence-electron chi connectivity index (χ3n) is 4.74. The van der Waals surface area contributed by atoms with E-state index < -0.39 is 23.7 Å². The van der Waals surface area contributed by atoms with Crippen molar-refractivity contribution in [1.29, 1.82) is 0 Å². The fourth-order valence-electron chi connectivity index (χ4n) is 3.63. The van der Waals surface area contributed by atoms with Crippen LogP contribution >= 0.6 is 0 Å². The first-order valence-electron chi connectivity index (χ1n) is 8.28. The summed E-state index contributed by atoms with van der Waals surface area (Å²) < 4.78 is 14.1. The van der Waals surface area contributed by atoms with E-state index in [1.54, 1.807) is 42.5 Å². The lowest BCUT2D eigenvalue weighted by Crippen LogP contribution is -2.52. The molecule has 2 unspecified atom stereocenters. The zero-order valence-corrected chi connectivity index (χ0v) is 14.1. The van der Waals surface area contributed by atoms with E-state index in [2.05, 4.69) is 0 Å². The molecule has 2 aromatic rings. The van der Waals surface area contributed by atoms with Crippen molar-refractivity contribution >= 4 is 11.9 Å². The Bertz CT molecular complexity index is 818. The summed E-state index contributed by atoms with van der Waals surface area (Å²) >= 11 is 0. The Morgan fingerprint density at radius 2 is 1.80 bits per heavy atom. The van der Waals surface area contributed by atoms with E-state index >= 15 is 0 Å². The molecule has 0 fully saturated rings. The summed E-state index contributed by atoms with van der Waals surface area (Å²) in [6, 6.07) is 12.5. The summed E-state index contributed by atoms with van der Waals surface area (Å²) in [7, 11) is 0. The first-order valence-corrected chi connectivity index (χ1v) is 8.28. The van der Waals surface area contributed by atoms with E-state index in [0.717, 1.165) is 0 Å². The zero-order chi connectivity index (χ0) is 18.1. The Morgan fingerprint density at radius 3 is 2.44 bits per heavy atom. The van der Waals surface area contributed by atoms with Crippen LogP contribution in [-0.2, 0) is 11.3 Å². The molecule has 1 heterocycles. The third-order valence-corrected chi connectivity index (χ3v) is 4.74. The van der Waals surface area contributed by atoms with Crippen LogP contribution in [0, 0.1) is 11.7 Å². The Balaban J connectivity index is 2.11. The number of nitrogens with zero attached hydrogens (tertiary/aromatic N) is 1. The van der Waals surface area contributed by atoms with Crippen LogP contribution in [-0.4, -0.2) is 27.9 Å². The predicted octanol–water partition coefficient (Wildman–Crippen LogP) is 3.67. The highest BCUT2D eigenvalue weighted by Gasteiger charge is 2.44. The standard InChI is InChI=1S/C20H20FNO3/c1-12(2)18-17(20(24)25)14-8-4-5-9-15(14)19(23)22(18)11-13-7-3-6-10-16(13)21/h3-10,12,17-18H,11H2,1-2H3,(H,24,25). The maximum atomic E-state index is 14.1. The van der Waals surface area contributed by atoms with Crippen LogP contribution in [0.2, 0.25) is 0 Å². The molecule has 0 saturated carbocycles. The predicted molar refractivity (Wildman–Crippen MR) is 91.7 cm³/mol. The monoisotopic (exact) mass is 341 g/mol. The van der Waals surface area contributed by atoms with Crippen LogP contribution in [0.5, 0.6) is 0 Å². The van der Waals surface area contributed by atoms with Crippen LogP contribution in [0.3, 0.4) is 0 Å². The molecule has 0 saturated heterocycles. The summed E-state index contributed by atoms with van der Waals surface area (Å²) in [6.07, 6.45) is 0. The lowest BCUT2D eigenvalue weighted by Gasteiger charge is -2.42. The summed E-state index contributed by atoms with van der Waals surface area (Å²) in [4.78, 5) is 26.5. The summed E-state index contributed by atoms with van der Waals surface area (Å²) in [5, 5.41) is 9.82. The van der Waals surface area contributed by atoms with Crippen molar-refractivity contribution in [2.75, 3.05) is 0 Å². The van der Waals surface area contributed by atoms with Crippen molar-refractivity contribution in [2.45, 2.75) is 32.4 Å². The van der Waals surface area contributed by atoms with Gasteiger partial charge in [0.25, 0.3) is 5.91 Å². The lowest BCUT2D eigenvalue weighted by molar-refractivity contribution is -0.141. The molecule has 4 nitrogen and oxygen atoms in total. The number of benzene rings is 2. The highest BCUT2D eigenvalue weighted by atomic mass is 19.1. The second-order valence-corrected chi connectivity index (χ2v) is 6.66. The van der Waals surface area contributed by atoms with Crippen LogP contribution in [0.4, 0.5) is 4.39 Å². The van der Waals surface area contributed by atoms with Gasteiger partial charge >= 0.3 is 5.97 Å². The number of rotatable bonds is 4. The number of carboxylic acids is 1. The van der Waals surface area contributed by atoms with Gasteiger partial charge in [-0.05, 0) is 23.6 Å². The van der Waals surface area contributed by atoms with Crippen molar-refractivity contribution in [3.05, 3.63) is 71.0 Å². The molecule has 1 aliphatic heterocycles. The number of fused-ring (bicyclic) bond motifs is 1. The topological polar surface area (TPSA) is 57.6 Å². The van der Waals surface area contributed by atoms with Crippen molar-refractivity contribution in [1.82, 2.24) is 4.90 Å². The Morgan fingerprint density at radius 1 is 1.16 bits per heavy atom. The molecule has 0 radical (unpaired) electrons. The van der Waals surface area contributed by atoms with Gasteiger partial charge in [0.15, 0.2) is 0 Å². The molecule has 25 heavy (non-hydrogen) atoms. The molecule has 5 heteroatoms. The van der Waals surface area contributed by atoms with Crippen LogP contribution in [0.1, 0.15) is 41.3 Å². The second-order valence-electron chi connectivity index (χ2n) is 6.66. The van der Waals surface area contributed by atoms with Crippen molar-refractivity contribution in [3.63, 3.8) is 0 Å². The Labute approximate surface area is 145 Å². The molecule has 3 rings (SSSR count). The molecular weight excluding hydrogens is 321 g/mol. The maximum Gasteiger partial charge on any atom is 0.313 e. The van der Waals surface area contributed by atoms with Gasteiger partial charge in [-0.2, -0.15) is 0 Å². The van der Waals surface area contributed by atoms with E-state index in [0.29, 0.717) is 16.7 Å². The SMILES string of the molecule is CC(C)C1C(C(=O)O)c2ccccc2C(=O)N1Cc1ccccc1F. The average molecular weight is 341 g/mol. The summed E-state index contributed by atoms with van der Waals surface area (Å²) in [6.45, 7) is 3.82. The van der Waals surface area contributed by atoms with Gasteiger partial charge in [-0.15, -0.1) is 0 Å². The largest absolute Gasteiger partial charge is 0.481 e. The summed E-state index contributed by atoms with van der Waals surface area (Å²) in [5.74, 6) is -2.55. The van der Waals surface area contributed by atoms with Gasteiger partial charge in [-0.3, -0.25) is 9.59 Å². The molecule has 0 aromatic heterocycles. The molecule has 0 bridgehead atoms. The minimum atomic E-state index is -0.975. The number of hydrogen-bond acceptors (Lipinski definition) is 2. The first kappa shape index (κ1) is 17.1. The highest BCUT2D eigenvalue weighted by molar-refractivity contribution is 6.00. The number of hydrogen-bond donors (Lipinski definition) is 1. The normalized spacial score (nSPS) is 19.8. The number of amides is 1. The molecule has 1 aliphatic rings. The van der Waals surface area contributed by atoms with Crippen molar-refractivity contribution in [2.24, 2.45) is 5.92 Å². The highest BCUT2D eigenvalue weighted by Crippen LogP contribution is 2.38. The number of carbonyl (C=O) groups is 2. The van der Waals surface area contributed by atoms with E-state index in [1.165, 1.54) is 11.0 Å². The second kappa shape index (κ2) is 6.67. The molecule has 0 aliphatic carbocycles. The summed E-state index contributed by atoms with van der Waals surface area (Å²) in [5.41, 5.74) is 1.29. The molecule has 0 spiro atoms. The van der Waals surface area contributed by atoms with Gasteiger partial charge in [0.05, 0.1) is 6.04 Å². The van der Waals surface area contributed by atoms with Gasteiger partial charge < -0.3 is 10.0 Å². The number of halogens is 1. The lowest BCUT2D eigenvalue weighted by atomic mass is 9.78. The molecule has 2 atom stereocenters. The molecule has 2 aromatic carbocycles.